The average Bonchev–Trinajstić information content (AvgIpc) is 2.51. The molecule has 2 aromatic rings. The summed E-state index contributed by atoms with van der Waals surface area (Å²) in [5.41, 5.74) is -11.1. The van der Waals surface area contributed by atoms with Crippen molar-refractivity contribution in [2.24, 2.45) is 0 Å². The second kappa shape index (κ2) is 6.23. The number of hydrogen-bond donors (Lipinski definition) is 0. The Morgan fingerprint density at radius 2 is 1.35 bits per heavy atom. The molecule has 0 radical (unpaired) electrons. The lowest BCUT2D eigenvalue weighted by Gasteiger charge is -2.32. The molecule has 0 N–H and O–H groups in total. The number of nitriles is 1. The topological polar surface area (TPSA) is 23.8 Å². The standard InChI is InChI=1S/C16H6F9N/c17-9-5-11(14(19,15(20,21)22)16(23,24)25)13(12(18)6-9)10-4-2-1-3-8(10)7-26/h1-6H. The second-order valence-electron chi connectivity index (χ2n) is 5.12. The maximum atomic E-state index is 14.4. The Morgan fingerprint density at radius 3 is 1.85 bits per heavy atom. The van der Waals surface area contributed by atoms with Gasteiger partial charge in [-0.25, -0.2) is 13.2 Å². The molecule has 1 nitrogen and oxygen atoms in total. The van der Waals surface area contributed by atoms with Gasteiger partial charge in [0.2, 0.25) is 0 Å². The molecular formula is C16H6F9N. The van der Waals surface area contributed by atoms with E-state index in [-0.39, 0.29) is 12.1 Å². The fourth-order valence-electron chi connectivity index (χ4n) is 2.38. The van der Waals surface area contributed by atoms with E-state index in [4.69, 9.17) is 5.26 Å². The Morgan fingerprint density at radius 1 is 0.808 bits per heavy atom. The number of alkyl halides is 7. The molecule has 0 amide bonds. The molecule has 10 heteroatoms. The molecule has 0 bridgehead atoms. The molecule has 2 rings (SSSR count). The lowest BCUT2D eigenvalue weighted by atomic mass is 9.85. The van der Waals surface area contributed by atoms with Gasteiger partial charge in [-0.3, -0.25) is 0 Å². The molecular weight excluding hydrogens is 377 g/mol. The first-order valence-electron chi connectivity index (χ1n) is 6.66. The van der Waals surface area contributed by atoms with Gasteiger partial charge in [0.05, 0.1) is 11.6 Å². The van der Waals surface area contributed by atoms with Crippen molar-refractivity contribution in [2.45, 2.75) is 18.0 Å². The quantitative estimate of drug-likeness (QED) is 0.602. The van der Waals surface area contributed by atoms with Crippen molar-refractivity contribution >= 4 is 0 Å². The summed E-state index contributed by atoms with van der Waals surface area (Å²) in [4.78, 5) is 0. The molecule has 0 unspecified atom stereocenters. The third kappa shape index (κ3) is 2.98. The van der Waals surface area contributed by atoms with E-state index in [0.717, 1.165) is 18.2 Å². The van der Waals surface area contributed by atoms with Crippen LogP contribution in [0.3, 0.4) is 0 Å². The van der Waals surface area contributed by atoms with Crippen molar-refractivity contribution in [2.75, 3.05) is 0 Å². The van der Waals surface area contributed by atoms with Crippen LogP contribution in [0.1, 0.15) is 11.1 Å². The van der Waals surface area contributed by atoms with Crippen molar-refractivity contribution in [3.8, 4) is 17.2 Å². The summed E-state index contributed by atoms with van der Waals surface area (Å²) < 4.78 is 120. The van der Waals surface area contributed by atoms with Crippen LogP contribution < -0.4 is 0 Å². The Labute approximate surface area is 140 Å². The molecule has 0 saturated heterocycles. The van der Waals surface area contributed by atoms with E-state index in [1.54, 1.807) is 0 Å². The minimum absolute atomic E-state index is 0.000155. The molecule has 138 valence electrons. The minimum Gasteiger partial charge on any atom is -0.218 e. The monoisotopic (exact) mass is 383 g/mol. The molecule has 0 spiro atoms. The van der Waals surface area contributed by atoms with Crippen LogP contribution in [0, 0.1) is 23.0 Å². The molecule has 2 aromatic carbocycles. The van der Waals surface area contributed by atoms with Crippen LogP contribution in [0.5, 0.6) is 0 Å². The lowest BCUT2D eigenvalue weighted by Crippen LogP contribution is -2.50. The maximum Gasteiger partial charge on any atom is 0.435 e. The van der Waals surface area contributed by atoms with Gasteiger partial charge in [0.1, 0.15) is 11.6 Å². The number of hydrogen-bond acceptors (Lipinski definition) is 1. The van der Waals surface area contributed by atoms with Gasteiger partial charge in [0.15, 0.2) is 0 Å². The number of nitrogens with zero attached hydrogens (tertiary/aromatic N) is 1. The zero-order valence-corrected chi connectivity index (χ0v) is 12.3. The summed E-state index contributed by atoms with van der Waals surface area (Å²) in [6.45, 7) is 0. The SMILES string of the molecule is N#Cc1ccccc1-c1c(F)cc(F)cc1C(F)(C(F)(F)F)C(F)(F)F. The first-order chi connectivity index (χ1) is 11.8. The Hall–Kier alpha value is -2.70. The highest BCUT2D eigenvalue weighted by Crippen LogP contribution is 2.55. The predicted molar refractivity (Wildman–Crippen MR) is 71.4 cm³/mol. The molecule has 0 aromatic heterocycles. The van der Waals surface area contributed by atoms with Crippen LogP contribution in [0.4, 0.5) is 39.5 Å². The fourth-order valence-corrected chi connectivity index (χ4v) is 2.38. The van der Waals surface area contributed by atoms with Crippen molar-refractivity contribution in [1.29, 1.82) is 5.26 Å². The van der Waals surface area contributed by atoms with E-state index in [1.165, 1.54) is 12.1 Å². The second-order valence-corrected chi connectivity index (χ2v) is 5.12. The van der Waals surface area contributed by atoms with Crippen LogP contribution in [-0.2, 0) is 5.67 Å². The first-order valence-corrected chi connectivity index (χ1v) is 6.66. The van der Waals surface area contributed by atoms with Crippen molar-refractivity contribution in [3.05, 3.63) is 59.2 Å². The highest BCUT2D eigenvalue weighted by Gasteiger charge is 2.74. The van der Waals surface area contributed by atoms with Gasteiger partial charge < -0.3 is 0 Å². The van der Waals surface area contributed by atoms with Gasteiger partial charge in [-0.05, 0) is 12.1 Å². The predicted octanol–water partition coefficient (Wildman–Crippen LogP) is 5.79. The third-order valence-corrected chi connectivity index (χ3v) is 3.52. The fraction of sp³-hybridized carbons (Fsp3) is 0.188. The summed E-state index contributed by atoms with van der Waals surface area (Å²) in [5.74, 6) is -3.72. The molecule has 0 saturated carbocycles. The van der Waals surface area contributed by atoms with Crippen molar-refractivity contribution in [3.63, 3.8) is 0 Å². The number of rotatable bonds is 2. The van der Waals surface area contributed by atoms with Crippen molar-refractivity contribution < 1.29 is 39.5 Å². The van der Waals surface area contributed by atoms with Crippen LogP contribution in [0.15, 0.2) is 36.4 Å². The molecule has 26 heavy (non-hydrogen) atoms. The van der Waals surface area contributed by atoms with Crippen molar-refractivity contribution in [1.82, 2.24) is 0 Å². The molecule has 0 aliphatic carbocycles. The molecule has 0 atom stereocenters. The first kappa shape index (κ1) is 19.6. The van der Waals surface area contributed by atoms with Gasteiger partial charge >= 0.3 is 18.0 Å². The summed E-state index contributed by atoms with van der Waals surface area (Å²) in [6.07, 6.45) is -13.1. The number of benzene rings is 2. The lowest BCUT2D eigenvalue weighted by molar-refractivity contribution is -0.348. The molecule has 0 aliphatic rings. The van der Waals surface area contributed by atoms with E-state index in [2.05, 4.69) is 0 Å². The van der Waals surface area contributed by atoms with Gasteiger partial charge in [-0.2, -0.15) is 31.6 Å². The summed E-state index contributed by atoms with van der Waals surface area (Å²) in [7, 11) is 0. The normalized spacial score (nSPS) is 12.8. The van der Waals surface area contributed by atoms with Crippen LogP contribution >= 0.6 is 0 Å². The Bertz CT molecular complexity index is 861. The van der Waals surface area contributed by atoms with Gasteiger partial charge in [-0.1, -0.05) is 18.2 Å². The zero-order valence-electron chi connectivity index (χ0n) is 12.3. The van der Waals surface area contributed by atoms with Gasteiger partial charge in [-0.15, -0.1) is 0 Å². The molecule has 0 aliphatic heterocycles. The van der Waals surface area contributed by atoms with E-state index in [0.29, 0.717) is 0 Å². The largest absolute Gasteiger partial charge is 0.435 e. The van der Waals surface area contributed by atoms with Crippen LogP contribution in [-0.4, -0.2) is 12.4 Å². The van der Waals surface area contributed by atoms with E-state index >= 15 is 0 Å². The minimum atomic E-state index is -6.57. The smallest absolute Gasteiger partial charge is 0.218 e. The Balaban J connectivity index is 3.01. The van der Waals surface area contributed by atoms with Crippen LogP contribution in [0.25, 0.3) is 11.1 Å². The summed E-state index contributed by atoms with van der Waals surface area (Å²) in [5, 5.41) is 8.95. The van der Waals surface area contributed by atoms with E-state index in [1.807, 2.05) is 0 Å². The summed E-state index contributed by atoms with van der Waals surface area (Å²) >= 11 is 0. The van der Waals surface area contributed by atoms with E-state index < -0.39 is 51.9 Å². The van der Waals surface area contributed by atoms with Gasteiger partial charge in [0, 0.05) is 22.8 Å². The van der Waals surface area contributed by atoms with E-state index in [9.17, 15) is 39.5 Å². The van der Waals surface area contributed by atoms with Gasteiger partial charge in [0.25, 0.3) is 0 Å². The number of halogens is 9. The third-order valence-electron chi connectivity index (χ3n) is 3.52. The summed E-state index contributed by atoms with van der Waals surface area (Å²) in [6, 6.07) is 5.16. The highest BCUT2D eigenvalue weighted by molar-refractivity contribution is 5.75. The maximum absolute atomic E-state index is 14.4. The highest BCUT2D eigenvalue weighted by atomic mass is 19.4. The zero-order chi connectivity index (χ0) is 19.9. The molecule has 0 fully saturated rings. The molecule has 0 heterocycles. The average molecular weight is 383 g/mol. The Kier molecular flexibility index (Phi) is 4.70. The van der Waals surface area contributed by atoms with Crippen LogP contribution in [0.2, 0.25) is 0 Å².